The second-order valence-corrected chi connectivity index (χ2v) is 6.97. The van der Waals surface area contributed by atoms with Crippen LogP contribution in [-0.2, 0) is 11.3 Å². The van der Waals surface area contributed by atoms with Gasteiger partial charge < -0.3 is 20.7 Å². The summed E-state index contributed by atoms with van der Waals surface area (Å²) in [4.78, 5) is 15.8. The highest BCUT2D eigenvalue weighted by Gasteiger charge is 2.07. The Balaban J connectivity index is 0.00000729. The molecular weight excluding hydrogens is 467 g/mol. The van der Waals surface area contributed by atoms with Crippen LogP contribution in [0.15, 0.2) is 23.2 Å². The molecule has 6 nitrogen and oxygen atoms in total. The van der Waals surface area contributed by atoms with Gasteiger partial charge in [-0.2, -0.15) is 0 Å². The number of ether oxygens (including phenoxy) is 1. The molecule has 0 fully saturated rings. The van der Waals surface area contributed by atoms with Gasteiger partial charge in [0.2, 0.25) is 5.91 Å². The summed E-state index contributed by atoms with van der Waals surface area (Å²) in [5.41, 5.74) is 2.29. The lowest BCUT2D eigenvalue weighted by Gasteiger charge is -2.16. The summed E-state index contributed by atoms with van der Waals surface area (Å²) in [5, 5.41) is 9.39. The molecule has 0 aliphatic carbocycles. The monoisotopic (exact) mass is 504 g/mol. The lowest BCUT2D eigenvalue weighted by Crippen LogP contribution is -2.41. The van der Waals surface area contributed by atoms with Gasteiger partial charge in [-0.3, -0.25) is 9.79 Å². The van der Waals surface area contributed by atoms with Crippen molar-refractivity contribution in [3.63, 3.8) is 0 Å². The molecule has 160 valence electrons. The molecule has 0 spiro atoms. The molecule has 1 amide bonds. The molecule has 0 bridgehead atoms. The summed E-state index contributed by atoms with van der Waals surface area (Å²) in [6, 6.07) is 6.27. The predicted octanol–water partition coefficient (Wildman–Crippen LogP) is 3.62. The molecule has 0 heterocycles. The smallest absolute Gasteiger partial charge is 0.222 e. The Bertz CT molecular complexity index is 606. The lowest BCUT2D eigenvalue weighted by molar-refractivity contribution is -0.123. The number of aliphatic imine (C=N–C) groups is 1. The van der Waals surface area contributed by atoms with Gasteiger partial charge in [0.1, 0.15) is 5.75 Å². The quantitative estimate of drug-likeness (QED) is 0.186. The highest BCUT2D eigenvalue weighted by molar-refractivity contribution is 14.0. The van der Waals surface area contributed by atoms with E-state index in [1.807, 2.05) is 13.8 Å². The molecule has 0 saturated heterocycles. The van der Waals surface area contributed by atoms with Gasteiger partial charge in [0.15, 0.2) is 5.96 Å². The van der Waals surface area contributed by atoms with Crippen LogP contribution in [0.3, 0.4) is 0 Å². The number of halogens is 1. The van der Waals surface area contributed by atoms with Crippen LogP contribution in [0.25, 0.3) is 0 Å². The van der Waals surface area contributed by atoms with Crippen LogP contribution in [0, 0.1) is 12.8 Å². The first-order chi connectivity index (χ1) is 13.0. The summed E-state index contributed by atoms with van der Waals surface area (Å²) in [6.07, 6.45) is 3.44. The van der Waals surface area contributed by atoms with Gasteiger partial charge in [-0.05, 0) is 25.0 Å². The number of hydrogen-bond donors (Lipinski definition) is 3. The molecule has 28 heavy (non-hydrogen) atoms. The van der Waals surface area contributed by atoms with Crippen molar-refractivity contribution in [1.82, 2.24) is 16.0 Å². The van der Waals surface area contributed by atoms with Crippen molar-refractivity contribution >= 4 is 35.8 Å². The Kier molecular flexibility index (Phi) is 14.6. The highest BCUT2D eigenvalue weighted by Crippen LogP contribution is 2.20. The molecule has 7 heteroatoms. The maximum absolute atomic E-state index is 11.6. The number of nitrogens with zero attached hydrogens (tertiary/aromatic N) is 1. The van der Waals surface area contributed by atoms with Gasteiger partial charge in [-0.25, -0.2) is 0 Å². The van der Waals surface area contributed by atoms with E-state index in [1.165, 1.54) is 18.4 Å². The molecule has 0 saturated carbocycles. The van der Waals surface area contributed by atoms with Crippen LogP contribution >= 0.6 is 24.0 Å². The zero-order chi connectivity index (χ0) is 20.1. The van der Waals surface area contributed by atoms with Crippen molar-refractivity contribution in [2.24, 2.45) is 10.9 Å². The third kappa shape index (κ3) is 10.7. The first-order valence-electron chi connectivity index (χ1n) is 9.92. The number of rotatable bonds is 11. The number of benzene rings is 1. The van der Waals surface area contributed by atoms with E-state index in [-0.39, 0.29) is 35.8 Å². The van der Waals surface area contributed by atoms with Gasteiger partial charge in [-0.1, -0.05) is 45.7 Å². The Morgan fingerprint density at radius 2 is 1.86 bits per heavy atom. The first kappa shape index (κ1) is 26.5. The van der Waals surface area contributed by atoms with E-state index in [0.29, 0.717) is 25.6 Å². The van der Waals surface area contributed by atoms with Crippen molar-refractivity contribution < 1.29 is 9.53 Å². The summed E-state index contributed by atoms with van der Waals surface area (Å²) in [5.74, 6) is 1.69. The minimum absolute atomic E-state index is 0. The number of hydrogen-bond acceptors (Lipinski definition) is 3. The van der Waals surface area contributed by atoms with Crippen LogP contribution in [0.2, 0.25) is 0 Å². The van der Waals surface area contributed by atoms with Gasteiger partial charge in [0.05, 0.1) is 6.61 Å². The van der Waals surface area contributed by atoms with Crippen LogP contribution < -0.4 is 20.7 Å². The molecule has 0 unspecified atom stereocenters. The zero-order valence-corrected chi connectivity index (χ0v) is 20.3. The number of unbranched alkanes of at least 4 members (excludes halogenated alkanes) is 2. The summed E-state index contributed by atoms with van der Waals surface area (Å²) in [6.45, 7) is 10.6. The Morgan fingerprint density at radius 1 is 1.14 bits per heavy atom. The normalized spacial score (nSPS) is 11.0. The number of amides is 1. The lowest BCUT2D eigenvalue weighted by atomic mass is 10.1. The molecule has 0 aliphatic heterocycles. The molecular formula is C21H37IN4O2. The Hall–Kier alpha value is -1.51. The minimum atomic E-state index is -0.000257. The molecule has 0 aromatic heterocycles. The van der Waals surface area contributed by atoms with E-state index in [0.717, 1.165) is 24.3 Å². The Morgan fingerprint density at radius 3 is 2.50 bits per heavy atom. The average molecular weight is 504 g/mol. The van der Waals surface area contributed by atoms with Gasteiger partial charge >= 0.3 is 0 Å². The third-order valence-electron chi connectivity index (χ3n) is 4.14. The summed E-state index contributed by atoms with van der Waals surface area (Å²) in [7, 11) is 1.74. The van der Waals surface area contributed by atoms with E-state index in [9.17, 15) is 4.79 Å². The van der Waals surface area contributed by atoms with Crippen LogP contribution in [-0.4, -0.2) is 38.6 Å². The maximum atomic E-state index is 11.6. The third-order valence-corrected chi connectivity index (χ3v) is 4.14. The van der Waals surface area contributed by atoms with E-state index in [1.54, 1.807) is 7.05 Å². The average Bonchev–Trinajstić information content (AvgIpc) is 2.65. The van der Waals surface area contributed by atoms with Crippen LogP contribution in [0.4, 0.5) is 0 Å². The number of guanidine groups is 1. The number of nitrogens with one attached hydrogen (secondary N) is 3. The Labute approximate surface area is 187 Å². The summed E-state index contributed by atoms with van der Waals surface area (Å²) >= 11 is 0. The molecule has 3 N–H and O–H groups in total. The van der Waals surface area contributed by atoms with Crippen LogP contribution in [0.5, 0.6) is 5.75 Å². The van der Waals surface area contributed by atoms with E-state index in [4.69, 9.17) is 4.74 Å². The van der Waals surface area contributed by atoms with Crippen molar-refractivity contribution in [3.05, 3.63) is 29.3 Å². The van der Waals surface area contributed by atoms with E-state index in [2.05, 4.69) is 53.0 Å². The number of aryl methyl sites for hydroxylation is 1. The fourth-order valence-corrected chi connectivity index (χ4v) is 2.45. The van der Waals surface area contributed by atoms with Crippen molar-refractivity contribution in [2.45, 2.75) is 53.5 Å². The van der Waals surface area contributed by atoms with Crippen molar-refractivity contribution in [2.75, 3.05) is 26.7 Å². The predicted molar refractivity (Wildman–Crippen MR) is 128 cm³/mol. The SMILES string of the molecule is CCCCCOc1cc(C)ccc1CNC(=NC)NCCNC(=O)C(C)C.I. The highest BCUT2D eigenvalue weighted by atomic mass is 127. The van der Waals surface area contributed by atoms with Gasteiger partial charge in [0.25, 0.3) is 0 Å². The standard InChI is InChI=1S/C21H36N4O2.HI/c1-6-7-8-13-27-19-14-17(4)9-10-18(19)15-25-21(22-5)24-12-11-23-20(26)16(2)3;/h9-10,14,16H,6-8,11-13,15H2,1-5H3,(H,23,26)(H2,22,24,25);1H. The first-order valence-corrected chi connectivity index (χ1v) is 9.92. The van der Waals surface area contributed by atoms with E-state index < -0.39 is 0 Å². The second kappa shape index (κ2) is 15.4. The zero-order valence-electron chi connectivity index (χ0n) is 17.9. The van der Waals surface area contributed by atoms with E-state index >= 15 is 0 Å². The van der Waals surface area contributed by atoms with Crippen LogP contribution in [0.1, 0.15) is 51.2 Å². The molecule has 0 atom stereocenters. The fourth-order valence-electron chi connectivity index (χ4n) is 2.45. The van der Waals surface area contributed by atoms with Crippen molar-refractivity contribution in [1.29, 1.82) is 0 Å². The number of carbonyl (C=O) groups is 1. The molecule has 1 aromatic carbocycles. The number of carbonyl (C=O) groups excluding carboxylic acids is 1. The molecule has 0 aliphatic rings. The van der Waals surface area contributed by atoms with Gasteiger partial charge in [-0.15, -0.1) is 24.0 Å². The topological polar surface area (TPSA) is 74.8 Å². The largest absolute Gasteiger partial charge is 0.493 e. The second-order valence-electron chi connectivity index (χ2n) is 6.97. The fraction of sp³-hybridized carbons (Fsp3) is 0.619. The molecule has 1 aromatic rings. The maximum Gasteiger partial charge on any atom is 0.222 e. The van der Waals surface area contributed by atoms with Crippen molar-refractivity contribution in [3.8, 4) is 5.75 Å². The minimum Gasteiger partial charge on any atom is -0.493 e. The van der Waals surface area contributed by atoms with Gasteiger partial charge in [0, 0.05) is 38.2 Å². The molecule has 0 radical (unpaired) electrons. The molecule has 1 rings (SSSR count). The summed E-state index contributed by atoms with van der Waals surface area (Å²) < 4.78 is 5.99.